The lowest BCUT2D eigenvalue weighted by Crippen LogP contribution is -2.31. The first-order valence-electron chi connectivity index (χ1n) is 4.48. The van der Waals surface area contributed by atoms with E-state index in [-0.39, 0.29) is 17.6 Å². The van der Waals surface area contributed by atoms with E-state index in [4.69, 9.17) is 4.74 Å². The van der Waals surface area contributed by atoms with Gasteiger partial charge < -0.3 is 10.1 Å². The maximum absolute atomic E-state index is 11.1. The van der Waals surface area contributed by atoms with E-state index in [0.29, 0.717) is 12.4 Å². The molecular weight excluding hydrogens is 220 g/mol. The van der Waals surface area contributed by atoms with Crippen LogP contribution >= 0.6 is 11.8 Å². The van der Waals surface area contributed by atoms with Gasteiger partial charge in [-0.2, -0.15) is 0 Å². The molecule has 1 unspecified atom stereocenters. The molecule has 3 amide bonds. The highest BCUT2D eigenvalue weighted by Gasteiger charge is 2.29. The summed E-state index contributed by atoms with van der Waals surface area (Å²) in [5, 5.41) is 4.55. The second-order valence-corrected chi connectivity index (χ2v) is 3.87. The number of ether oxygens (including phenoxy) is 1. The first kappa shape index (κ1) is 11.8. The molecule has 15 heavy (non-hydrogen) atoms. The molecule has 6 nitrogen and oxygen atoms in total. The van der Waals surface area contributed by atoms with Gasteiger partial charge in [0.15, 0.2) is 0 Å². The van der Waals surface area contributed by atoms with Crippen molar-refractivity contribution in [2.75, 3.05) is 18.1 Å². The number of hydrogen-bond donors (Lipinski definition) is 2. The van der Waals surface area contributed by atoms with Gasteiger partial charge in [0.1, 0.15) is 6.04 Å². The summed E-state index contributed by atoms with van der Waals surface area (Å²) in [5.74, 6) is -0.104. The van der Waals surface area contributed by atoms with Crippen molar-refractivity contribution in [2.24, 2.45) is 0 Å². The van der Waals surface area contributed by atoms with Crippen LogP contribution in [-0.2, 0) is 14.3 Å². The molecule has 1 rings (SSSR count). The van der Waals surface area contributed by atoms with E-state index in [1.807, 2.05) is 0 Å². The lowest BCUT2D eigenvalue weighted by molar-refractivity contribution is -0.139. The normalized spacial score (nSPS) is 19.7. The number of amides is 3. The van der Waals surface area contributed by atoms with Crippen molar-refractivity contribution < 1.29 is 19.1 Å². The number of thioether (sulfide) groups is 1. The van der Waals surface area contributed by atoms with Gasteiger partial charge in [-0.3, -0.25) is 14.9 Å². The zero-order chi connectivity index (χ0) is 11.3. The maximum Gasteiger partial charge on any atom is 0.322 e. The predicted molar refractivity (Wildman–Crippen MR) is 54.4 cm³/mol. The predicted octanol–water partition coefficient (Wildman–Crippen LogP) is -0.509. The molecule has 1 atom stereocenters. The van der Waals surface area contributed by atoms with Gasteiger partial charge in [0.25, 0.3) is 5.91 Å². The number of rotatable bonds is 5. The molecule has 84 valence electrons. The summed E-state index contributed by atoms with van der Waals surface area (Å²) in [5.41, 5.74) is 0. The average molecular weight is 232 g/mol. The number of hydrogen-bond acceptors (Lipinski definition) is 5. The molecule has 0 aliphatic carbocycles. The Hall–Kier alpha value is -1.24. The zero-order valence-corrected chi connectivity index (χ0v) is 9.06. The highest BCUT2D eigenvalue weighted by atomic mass is 32.2. The van der Waals surface area contributed by atoms with Gasteiger partial charge >= 0.3 is 12.0 Å². The van der Waals surface area contributed by atoms with Crippen LogP contribution in [0.15, 0.2) is 0 Å². The Labute approximate surface area is 91.1 Å². The fourth-order valence-corrected chi connectivity index (χ4v) is 1.88. The fraction of sp³-hybridized carbons (Fsp3) is 0.625. The van der Waals surface area contributed by atoms with Crippen molar-refractivity contribution in [1.82, 2.24) is 10.6 Å². The van der Waals surface area contributed by atoms with Gasteiger partial charge in [0.05, 0.1) is 12.4 Å². The van der Waals surface area contributed by atoms with Gasteiger partial charge in [-0.15, -0.1) is 11.8 Å². The Kier molecular flexibility index (Phi) is 4.41. The fourth-order valence-electron chi connectivity index (χ4n) is 1.04. The Morgan fingerprint density at radius 2 is 2.27 bits per heavy atom. The molecule has 0 aromatic rings. The molecule has 0 saturated carbocycles. The number of nitrogens with one attached hydrogen (secondary N) is 2. The average Bonchev–Trinajstić information content (AvgIpc) is 2.46. The minimum atomic E-state index is -0.545. The van der Waals surface area contributed by atoms with Crippen molar-refractivity contribution in [2.45, 2.75) is 13.0 Å². The molecule has 7 heteroatoms. The molecule has 0 aromatic heterocycles. The number of carbonyl (C=O) groups is 3. The van der Waals surface area contributed by atoms with Crippen molar-refractivity contribution in [3.8, 4) is 0 Å². The van der Waals surface area contributed by atoms with E-state index >= 15 is 0 Å². The van der Waals surface area contributed by atoms with E-state index in [1.54, 1.807) is 6.92 Å². The number of carbonyl (C=O) groups excluding carboxylic acids is 3. The minimum absolute atomic E-state index is 0.188. The molecule has 1 fully saturated rings. The first-order valence-corrected chi connectivity index (χ1v) is 5.63. The Morgan fingerprint density at radius 3 is 2.80 bits per heavy atom. The summed E-state index contributed by atoms with van der Waals surface area (Å²) in [7, 11) is 0. The van der Waals surface area contributed by atoms with Crippen molar-refractivity contribution in [1.29, 1.82) is 0 Å². The molecule has 1 heterocycles. The molecule has 1 aliphatic rings. The second kappa shape index (κ2) is 5.59. The van der Waals surface area contributed by atoms with Gasteiger partial charge in [-0.05, 0) is 6.92 Å². The molecule has 1 saturated heterocycles. The number of urea groups is 1. The third-order valence-electron chi connectivity index (χ3n) is 1.67. The van der Waals surface area contributed by atoms with Gasteiger partial charge in [-0.1, -0.05) is 0 Å². The van der Waals surface area contributed by atoms with Gasteiger partial charge in [0, 0.05) is 5.75 Å². The second-order valence-electron chi connectivity index (χ2n) is 2.84. The summed E-state index contributed by atoms with van der Waals surface area (Å²) in [4.78, 5) is 32.7. The SMILES string of the molecule is CCOC(=O)CSCC1NC(=O)NC1=O. The summed E-state index contributed by atoms with van der Waals surface area (Å²) in [6, 6.07) is -1.03. The van der Waals surface area contributed by atoms with Crippen LogP contribution in [0.25, 0.3) is 0 Å². The molecule has 0 radical (unpaired) electrons. The Morgan fingerprint density at radius 1 is 1.53 bits per heavy atom. The highest BCUT2D eigenvalue weighted by Crippen LogP contribution is 2.06. The van der Waals surface area contributed by atoms with Crippen LogP contribution in [0.1, 0.15) is 6.92 Å². The monoisotopic (exact) mass is 232 g/mol. The van der Waals surface area contributed by atoms with E-state index < -0.39 is 12.1 Å². The number of esters is 1. The Balaban J connectivity index is 2.18. The minimum Gasteiger partial charge on any atom is -0.465 e. The summed E-state index contributed by atoms with van der Waals surface area (Å²) < 4.78 is 4.71. The zero-order valence-electron chi connectivity index (χ0n) is 8.24. The standard InChI is InChI=1S/C8H12N2O4S/c1-2-14-6(11)4-15-3-5-7(12)10-8(13)9-5/h5H,2-4H2,1H3,(H2,9,10,12,13). The van der Waals surface area contributed by atoms with Crippen LogP contribution in [0.5, 0.6) is 0 Å². The molecule has 2 N–H and O–H groups in total. The quantitative estimate of drug-likeness (QED) is 0.492. The van der Waals surface area contributed by atoms with E-state index in [0.717, 1.165) is 0 Å². The van der Waals surface area contributed by atoms with E-state index in [2.05, 4.69) is 10.6 Å². The van der Waals surface area contributed by atoms with Crippen molar-refractivity contribution in [3.05, 3.63) is 0 Å². The molecular formula is C8H12N2O4S. The van der Waals surface area contributed by atoms with Crippen LogP contribution in [0.4, 0.5) is 4.79 Å². The molecule has 1 aliphatic heterocycles. The van der Waals surface area contributed by atoms with E-state index in [1.165, 1.54) is 11.8 Å². The first-order chi connectivity index (χ1) is 7.13. The Bertz CT molecular complexity index is 282. The van der Waals surface area contributed by atoms with Crippen LogP contribution in [0.3, 0.4) is 0 Å². The lowest BCUT2D eigenvalue weighted by Gasteiger charge is -2.05. The van der Waals surface area contributed by atoms with Crippen LogP contribution in [-0.4, -0.2) is 42.1 Å². The molecule has 0 aromatic carbocycles. The largest absolute Gasteiger partial charge is 0.465 e. The third kappa shape index (κ3) is 3.78. The maximum atomic E-state index is 11.1. The summed E-state index contributed by atoms with van der Waals surface area (Å²) in [6.45, 7) is 2.08. The van der Waals surface area contributed by atoms with Crippen LogP contribution in [0.2, 0.25) is 0 Å². The van der Waals surface area contributed by atoms with Crippen molar-refractivity contribution >= 4 is 29.7 Å². The van der Waals surface area contributed by atoms with Crippen molar-refractivity contribution in [3.63, 3.8) is 0 Å². The molecule has 0 spiro atoms. The van der Waals surface area contributed by atoms with Crippen LogP contribution < -0.4 is 10.6 Å². The number of imide groups is 1. The topological polar surface area (TPSA) is 84.5 Å². The van der Waals surface area contributed by atoms with Crippen LogP contribution in [0, 0.1) is 0 Å². The van der Waals surface area contributed by atoms with Gasteiger partial charge in [-0.25, -0.2) is 4.79 Å². The smallest absolute Gasteiger partial charge is 0.322 e. The summed E-state index contributed by atoms with van der Waals surface area (Å²) in [6.07, 6.45) is 0. The summed E-state index contributed by atoms with van der Waals surface area (Å²) >= 11 is 1.25. The lowest BCUT2D eigenvalue weighted by atomic mass is 10.3. The molecule has 0 bridgehead atoms. The van der Waals surface area contributed by atoms with E-state index in [9.17, 15) is 14.4 Å². The van der Waals surface area contributed by atoms with Gasteiger partial charge in [0.2, 0.25) is 0 Å². The third-order valence-corrected chi connectivity index (χ3v) is 2.68. The highest BCUT2D eigenvalue weighted by molar-refractivity contribution is 8.00.